The van der Waals surface area contributed by atoms with E-state index in [0.29, 0.717) is 10.1 Å². The highest BCUT2D eigenvalue weighted by Gasteiger charge is 2.21. The minimum atomic E-state index is -0.494. The van der Waals surface area contributed by atoms with Crippen LogP contribution < -0.4 is 4.48 Å². The Balaban J connectivity index is 2.68. The van der Waals surface area contributed by atoms with Gasteiger partial charge in [0.05, 0.1) is 21.1 Å². The molecule has 0 saturated heterocycles. The first kappa shape index (κ1) is 10.5. The summed E-state index contributed by atoms with van der Waals surface area (Å²) in [7, 11) is 5.82. The molecule has 0 saturated carbocycles. The van der Waals surface area contributed by atoms with Gasteiger partial charge in [-0.25, -0.2) is 4.98 Å². The lowest BCUT2D eigenvalue weighted by Crippen LogP contribution is -2.36. The van der Waals surface area contributed by atoms with Gasteiger partial charge in [-0.15, -0.1) is 0 Å². The highest BCUT2D eigenvalue weighted by Crippen LogP contribution is 2.18. The van der Waals surface area contributed by atoms with Crippen LogP contribution in [0.25, 0.3) is 5.65 Å². The fourth-order valence-electron chi connectivity index (χ4n) is 1.33. The predicted molar refractivity (Wildman–Crippen MR) is 59.2 cm³/mol. The molecule has 2 aromatic heterocycles. The Morgan fingerprint density at radius 2 is 2.06 bits per heavy atom. The Kier molecular flexibility index (Phi) is 2.13. The van der Waals surface area contributed by atoms with Gasteiger partial charge in [0.1, 0.15) is 6.20 Å². The lowest BCUT2D eigenvalue weighted by molar-refractivity contribution is -0.391. The van der Waals surface area contributed by atoms with E-state index in [9.17, 15) is 10.1 Å². The summed E-state index contributed by atoms with van der Waals surface area (Å²) in [5, 5.41) is 14.9. The van der Waals surface area contributed by atoms with Gasteiger partial charge in [0, 0.05) is 12.1 Å². The zero-order valence-corrected chi connectivity index (χ0v) is 9.28. The summed E-state index contributed by atoms with van der Waals surface area (Å²) in [5.41, 5.74) is 0.476. The average Bonchev–Trinajstić information content (AvgIpc) is 2.58. The average molecular weight is 222 g/mol. The van der Waals surface area contributed by atoms with E-state index in [-0.39, 0.29) is 5.82 Å². The van der Waals surface area contributed by atoms with Gasteiger partial charge in [-0.1, -0.05) is 4.52 Å². The van der Waals surface area contributed by atoms with Crippen LogP contribution in [0.3, 0.4) is 0 Å². The maximum Gasteiger partial charge on any atom is 0.368 e. The van der Waals surface area contributed by atoms with Crippen molar-refractivity contribution in [2.24, 2.45) is 0 Å². The van der Waals surface area contributed by atoms with Crippen molar-refractivity contribution >= 4 is 17.3 Å². The molecule has 0 aliphatic carbocycles. The Bertz CT molecular complexity index is 555. The fourth-order valence-corrected chi connectivity index (χ4v) is 1.33. The van der Waals surface area contributed by atoms with Crippen molar-refractivity contribution in [1.82, 2.24) is 19.1 Å². The molecule has 0 fully saturated rings. The van der Waals surface area contributed by atoms with Crippen molar-refractivity contribution in [3.8, 4) is 0 Å². The Morgan fingerprint density at radius 1 is 1.38 bits per heavy atom. The maximum absolute atomic E-state index is 10.7. The maximum atomic E-state index is 10.7. The summed E-state index contributed by atoms with van der Waals surface area (Å²) in [4.78, 5) is 14.2. The van der Waals surface area contributed by atoms with Crippen molar-refractivity contribution in [2.75, 3.05) is 21.1 Å². The molecule has 7 nitrogen and oxygen atoms in total. The van der Waals surface area contributed by atoms with Crippen LogP contribution in [0.15, 0.2) is 18.3 Å². The molecule has 0 atom stereocenters. The van der Waals surface area contributed by atoms with E-state index in [1.54, 1.807) is 6.07 Å². The van der Waals surface area contributed by atoms with Crippen molar-refractivity contribution in [1.29, 1.82) is 0 Å². The van der Waals surface area contributed by atoms with Gasteiger partial charge in [-0.05, 0) is 10.0 Å². The van der Waals surface area contributed by atoms with Gasteiger partial charge in [0.15, 0.2) is 0 Å². The summed E-state index contributed by atoms with van der Waals surface area (Å²) >= 11 is 0. The number of quaternary nitrogens is 1. The highest BCUT2D eigenvalue weighted by molar-refractivity contribution is 5.47. The van der Waals surface area contributed by atoms with Crippen LogP contribution in [0.5, 0.6) is 0 Å². The zero-order chi connectivity index (χ0) is 11.9. The molecule has 7 heteroatoms. The first-order chi connectivity index (χ1) is 7.39. The van der Waals surface area contributed by atoms with Crippen LogP contribution in [-0.4, -0.2) is 40.7 Å². The molecule has 2 heterocycles. The number of aromatic nitrogens is 3. The van der Waals surface area contributed by atoms with Crippen molar-refractivity contribution < 1.29 is 4.92 Å². The molecule has 0 aliphatic heterocycles. The molecule has 0 unspecified atom stereocenters. The second-order valence-electron chi connectivity index (χ2n) is 4.35. The number of nitro groups is 1. The number of imidazole rings is 1. The number of fused-ring (bicyclic) bond motifs is 1. The molecule has 0 spiro atoms. The van der Waals surface area contributed by atoms with E-state index in [4.69, 9.17) is 0 Å². The Morgan fingerprint density at radius 3 is 2.62 bits per heavy atom. The van der Waals surface area contributed by atoms with Crippen LogP contribution in [0, 0.1) is 10.1 Å². The van der Waals surface area contributed by atoms with Gasteiger partial charge in [0.2, 0.25) is 5.65 Å². The number of nitrogens with zero attached hydrogens (tertiary/aromatic N) is 5. The summed E-state index contributed by atoms with van der Waals surface area (Å²) in [6.45, 7) is 0. The van der Waals surface area contributed by atoms with E-state index < -0.39 is 4.92 Å². The Hall–Kier alpha value is -2.02. The molecule has 0 bridgehead atoms. The van der Waals surface area contributed by atoms with Gasteiger partial charge in [-0.3, -0.25) is 4.48 Å². The SMILES string of the molecule is C[N+](C)(C)c1ccc2ncc([N+](=O)[O-])n2n1. The first-order valence-electron chi connectivity index (χ1n) is 4.71. The van der Waals surface area contributed by atoms with Crippen molar-refractivity contribution in [3.05, 3.63) is 28.4 Å². The third-order valence-electron chi connectivity index (χ3n) is 2.20. The standard InChI is InChI=1S/C9H12N5O2/c1-14(2,3)8-5-4-7-10-6-9(13(15)16)12(7)11-8/h4-6H,1-3H3/q+1. The number of rotatable bonds is 2. The summed E-state index contributed by atoms with van der Waals surface area (Å²) in [5.74, 6) is 0.610. The molecule has 2 rings (SSSR count). The molecule has 84 valence electrons. The van der Waals surface area contributed by atoms with E-state index in [1.165, 1.54) is 10.7 Å². The Labute approximate surface area is 91.7 Å². The van der Waals surface area contributed by atoms with Crippen molar-refractivity contribution in [3.63, 3.8) is 0 Å². The fraction of sp³-hybridized carbons (Fsp3) is 0.333. The highest BCUT2D eigenvalue weighted by atomic mass is 16.6. The van der Waals surface area contributed by atoms with E-state index in [1.807, 2.05) is 27.2 Å². The third-order valence-corrected chi connectivity index (χ3v) is 2.20. The molecule has 0 amide bonds. The van der Waals surface area contributed by atoms with E-state index in [2.05, 4.69) is 10.1 Å². The molecule has 0 aliphatic rings. The summed E-state index contributed by atoms with van der Waals surface area (Å²) in [6, 6.07) is 3.53. The smallest absolute Gasteiger partial charge is 0.358 e. The van der Waals surface area contributed by atoms with Crippen LogP contribution in [0.4, 0.5) is 11.6 Å². The van der Waals surface area contributed by atoms with Crippen LogP contribution in [0.2, 0.25) is 0 Å². The minimum absolute atomic E-state index is 0.120. The van der Waals surface area contributed by atoms with Crippen LogP contribution in [0.1, 0.15) is 0 Å². The summed E-state index contributed by atoms with van der Waals surface area (Å²) < 4.78 is 1.74. The van der Waals surface area contributed by atoms with Crippen LogP contribution >= 0.6 is 0 Å². The zero-order valence-electron chi connectivity index (χ0n) is 9.28. The first-order valence-corrected chi connectivity index (χ1v) is 4.71. The molecule has 0 aromatic carbocycles. The molecular weight excluding hydrogens is 210 g/mol. The second-order valence-corrected chi connectivity index (χ2v) is 4.35. The topological polar surface area (TPSA) is 73.3 Å². The lowest BCUT2D eigenvalue weighted by Gasteiger charge is -2.20. The van der Waals surface area contributed by atoms with Gasteiger partial charge >= 0.3 is 5.82 Å². The quantitative estimate of drug-likeness (QED) is 0.428. The molecule has 2 aromatic rings. The van der Waals surface area contributed by atoms with Crippen LogP contribution in [-0.2, 0) is 0 Å². The van der Waals surface area contributed by atoms with Gasteiger partial charge < -0.3 is 10.1 Å². The molecule has 0 N–H and O–H groups in total. The predicted octanol–water partition coefficient (Wildman–Crippen LogP) is 0.834. The second kappa shape index (κ2) is 3.24. The normalized spacial score (nSPS) is 11.9. The van der Waals surface area contributed by atoms with Gasteiger partial charge in [-0.2, -0.15) is 0 Å². The number of hydrogen-bond donors (Lipinski definition) is 0. The van der Waals surface area contributed by atoms with Gasteiger partial charge in [0.25, 0.3) is 5.82 Å². The third kappa shape index (κ3) is 1.61. The van der Waals surface area contributed by atoms with Crippen molar-refractivity contribution in [2.45, 2.75) is 0 Å². The summed E-state index contributed by atoms with van der Waals surface area (Å²) in [6.07, 6.45) is 1.21. The largest absolute Gasteiger partial charge is 0.368 e. The monoisotopic (exact) mass is 222 g/mol. The van der Waals surface area contributed by atoms with E-state index in [0.717, 1.165) is 5.82 Å². The lowest BCUT2D eigenvalue weighted by atomic mass is 10.4. The molecular formula is C9H12N5O2+. The number of hydrogen-bond acceptors (Lipinski definition) is 4. The van der Waals surface area contributed by atoms with E-state index >= 15 is 0 Å². The minimum Gasteiger partial charge on any atom is -0.358 e. The molecule has 16 heavy (non-hydrogen) atoms. The molecule has 0 radical (unpaired) electrons.